The van der Waals surface area contributed by atoms with Crippen molar-refractivity contribution in [3.63, 3.8) is 0 Å². The van der Waals surface area contributed by atoms with E-state index in [0.717, 1.165) is 11.8 Å². The van der Waals surface area contributed by atoms with Crippen LogP contribution in [-0.4, -0.2) is 54.4 Å². The Morgan fingerprint density at radius 2 is 1.71 bits per heavy atom. The lowest BCUT2D eigenvalue weighted by Crippen LogP contribution is -2.35. The zero-order chi connectivity index (χ0) is 27.3. The van der Waals surface area contributed by atoms with Crippen LogP contribution in [0.15, 0.2) is 71.5 Å². The summed E-state index contributed by atoms with van der Waals surface area (Å²) in [6.07, 6.45) is 0.231. The highest BCUT2D eigenvalue weighted by molar-refractivity contribution is 7.90. The molecule has 38 heavy (non-hydrogen) atoms. The second-order valence-corrected chi connectivity index (χ2v) is 10.9. The standard InChI is InChI=1S/C27H28N4O6S/c1-18-23-22(24(32)25(30-18)37-27(34)29-14-13-28-17-38(2,35)36)15-21(20-11-7-4-8-12-20)26(33)31(23)16-19-9-5-3-6-10-19/h3-12,15,28,32H,13-14,16-17H2,1-2H3,(H,29,34). The van der Waals surface area contributed by atoms with Gasteiger partial charge in [0.05, 0.1) is 23.6 Å². The van der Waals surface area contributed by atoms with E-state index in [9.17, 15) is 23.1 Å². The number of pyridine rings is 2. The third-order valence-electron chi connectivity index (χ3n) is 5.75. The molecular formula is C27H28N4O6S. The van der Waals surface area contributed by atoms with E-state index in [4.69, 9.17) is 4.74 Å². The number of nitrogens with zero attached hydrogens (tertiary/aromatic N) is 2. The molecule has 0 unspecified atom stereocenters. The van der Waals surface area contributed by atoms with Crippen LogP contribution in [0.4, 0.5) is 4.79 Å². The first-order valence-corrected chi connectivity index (χ1v) is 13.9. The number of benzene rings is 2. The second-order valence-electron chi connectivity index (χ2n) is 8.80. The SMILES string of the molecule is Cc1nc(OC(=O)NCCNCS(C)(=O)=O)c(O)c2cc(-c3ccccc3)c(=O)n(Cc3ccccc3)c12. The minimum absolute atomic E-state index is 0.0937. The van der Waals surface area contributed by atoms with Crippen molar-refractivity contribution in [3.05, 3.63) is 88.3 Å². The van der Waals surface area contributed by atoms with E-state index < -0.39 is 15.9 Å². The fourth-order valence-corrected chi connectivity index (χ4v) is 4.57. The first-order valence-electron chi connectivity index (χ1n) is 11.8. The van der Waals surface area contributed by atoms with Crippen LogP contribution in [0.25, 0.3) is 22.0 Å². The lowest BCUT2D eigenvalue weighted by Gasteiger charge is -2.17. The van der Waals surface area contributed by atoms with Crippen molar-refractivity contribution < 1.29 is 23.1 Å². The Hall–Kier alpha value is -4.22. The van der Waals surface area contributed by atoms with E-state index in [0.29, 0.717) is 27.7 Å². The third kappa shape index (κ3) is 6.36. The molecule has 0 aliphatic carbocycles. The van der Waals surface area contributed by atoms with Crippen molar-refractivity contribution in [3.8, 4) is 22.8 Å². The number of hydrogen-bond donors (Lipinski definition) is 3. The fourth-order valence-electron chi connectivity index (χ4n) is 4.06. The summed E-state index contributed by atoms with van der Waals surface area (Å²) in [6.45, 7) is 2.21. The van der Waals surface area contributed by atoms with Crippen LogP contribution < -0.4 is 20.9 Å². The number of aryl methyl sites for hydroxylation is 1. The maximum absolute atomic E-state index is 13.7. The third-order valence-corrected chi connectivity index (χ3v) is 6.48. The number of sulfone groups is 1. The molecular weight excluding hydrogens is 508 g/mol. The van der Waals surface area contributed by atoms with E-state index >= 15 is 0 Å². The Labute approximate surface area is 219 Å². The number of nitrogens with one attached hydrogen (secondary N) is 2. The van der Waals surface area contributed by atoms with Crippen LogP contribution in [0.5, 0.6) is 11.6 Å². The van der Waals surface area contributed by atoms with Crippen molar-refractivity contribution in [2.75, 3.05) is 25.2 Å². The van der Waals surface area contributed by atoms with Gasteiger partial charge >= 0.3 is 6.09 Å². The molecule has 0 aliphatic rings. The quantitative estimate of drug-likeness (QED) is 0.278. The van der Waals surface area contributed by atoms with Crippen LogP contribution in [0.1, 0.15) is 11.3 Å². The second kappa shape index (κ2) is 11.4. The van der Waals surface area contributed by atoms with Gasteiger partial charge in [0.15, 0.2) is 15.6 Å². The molecule has 0 bridgehead atoms. The highest BCUT2D eigenvalue weighted by atomic mass is 32.2. The molecule has 1 amide bonds. The Kier molecular flexibility index (Phi) is 8.08. The lowest BCUT2D eigenvalue weighted by molar-refractivity contribution is 0.196. The van der Waals surface area contributed by atoms with Crippen molar-refractivity contribution in [2.45, 2.75) is 13.5 Å². The molecule has 2 heterocycles. The Balaban J connectivity index is 1.70. The van der Waals surface area contributed by atoms with Gasteiger partial charge in [-0.2, -0.15) is 0 Å². The van der Waals surface area contributed by atoms with Gasteiger partial charge in [0, 0.05) is 30.3 Å². The minimum Gasteiger partial charge on any atom is -0.503 e. The predicted octanol–water partition coefficient (Wildman–Crippen LogP) is 2.81. The van der Waals surface area contributed by atoms with Gasteiger partial charge in [-0.3, -0.25) is 4.79 Å². The van der Waals surface area contributed by atoms with E-state index in [-0.39, 0.29) is 42.7 Å². The number of aromatic hydroxyl groups is 1. The Morgan fingerprint density at radius 1 is 1.05 bits per heavy atom. The summed E-state index contributed by atoms with van der Waals surface area (Å²) in [5.41, 5.74) is 2.52. The number of rotatable bonds is 9. The average Bonchev–Trinajstić information content (AvgIpc) is 2.88. The van der Waals surface area contributed by atoms with Gasteiger partial charge < -0.3 is 25.0 Å². The van der Waals surface area contributed by atoms with E-state index in [2.05, 4.69) is 15.6 Å². The average molecular weight is 537 g/mol. The van der Waals surface area contributed by atoms with Crippen molar-refractivity contribution in [1.29, 1.82) is 0 Å². The summed E-state index contributed by atoms with van der Waals surface area (Å²) in [6, 6.07) is 20.2. The van der Waals surface area contributed by atoms with Crippen LogP contribution in [0, 0.1) is 6.92 Å². The van der Waals surface area contributed by atoms with Crippen LogP contribution >= 0.6 is 0 Å². The highest BCUT2D eigenvalue weighted by Crippen LogP contribution is 2.36. The molecule has 0 radical (unpaired) electrons. The van der Waals surface area contributed by atoms with Gasteiger partial charge in [-0.05, 0) is 24.1 Å². The lowest BCUT2D eigenvalue weighted by atomic mass is 10.0. The maximum Gasteiger partial charge on any atom is 0.414 e. The molecule has 0 saturated carbocycles. The zero-order valence-corrected chi connectivity index (χ0v) is 21.8. The van der Waals surface area contributed by atoms with Crippen LogP contribution in [0.2, 0.25) is 0 Å². The largest absolute Gasteiger partial charge is 0.503 e. The van der Waals surface area contributed by atoms with Gasteiger partial charge in [0.2, 0.25) is 0 Å². The first kappa shape index (κ1) is 26.8. The normalized spacial score (nSPS) is 11.4. The molecule has 4 rings (SSSR count). The van der Waals surface area contributed by atoms with E-state index in [1.165, 1.54) is 0 Å². The van der Waals surface area contributed by atoms with Crippen LogP contribution in [-0.2, 0) is 16.4 Å². The molecule has 3 N–H and O–H groups in total. The highest BCUT2D eigenvalue weighted by Gasteiger charge is 2.21. The molecule has 11 heteroatoms. The molecule has 0 aliphatic heterocycles. The number of hydrogen-bond acceptors (Lipinski definition) is 8. The Morgan fingerprint density at radius 3 is 2.37 bits per heavy atom. The molecule has 2 aromatic carbocycles. The van der Waals surface area contributed by atoms with Gasteiger partial charge in [0.1, 0.15) is 0 Å². The first-order chi connectivity index (χ1) is 18.1. The van der Waals surface area contributed by atoms with Crippen molar-refractivity contribution >= 4 is 26.8 Å². The van der Waals surface area contributed by atoms with Gasteiger partial charge in [-0.25, -0.2) is 18.2 Å². The molecule has 0 fully saturated rings. The number of carbonyl (C=O) groups is 1. The van der Waals surface area contributed by atoms with Crippen molar-refractivity contribution in [2.24, 2.45) is 0 Å². The number of aromatic nitrogens is 2. The fraction of sp³-hybridized carbons (Fsp3) is 0.222. The summed E-state index contributed by atoms with van der Waals surface area (Å²) in [7, 11) is -3.18. The van der Waals surface area contributed by atoms with Crippen molar-refractivity contribution in [1.82, 2.24) is 20.2 Å². The number of fused-ring (bicyclic) bond motifs is 1. The summed E-state index contributed by atoms with van der Waals surface area (Å²) < 4.78 is 29.2. The summed E-state index contributed by atoms with van der Waals surface area (Å²) in [5, 5.41) is 16.6. The van der Waals surface area contributed by atoms with E-state index in [1.54, 1.807) is 17.6 Å². The molecule has 0 atom stereocenters. The number of amides is 1. The number of ether oxygens (including phenoxy) is 1. The number of carbonyl (C=O) groups excluding carboxylic acids is 1. The Bertz CT molecular complexity index is 1620. The molecule has 10 nitrogen and oxygen atoms in total. The minimum atomic E-state index is -3.18. The van der Waals surface area contributed by atoms with Crippen LogP contribution in [0.3, 0.4) is 0 Å². The molecule has 2 aromatic heterocycles. The maximum atomic E-state index is 13.7. The monoisotopic (exact) mass is 536 g/mol. The smallest absolute Gasteiger partial charge is 0.414 e. The van der Waals surface area contributed by atoms with Gasteiger partial charge in [-0.15, -0.1) is 0 Å². The summed E-state index contributed by atoms with van der Waals surface area (Å²) in [5.74, 6) is -0.903. The molecule has 198 valence electrons. The van der Waals surface area contributed by atoms with Gasteiger partial charge in [-0.1, -0.05) is 60.7 Å². The summed E-state index contributed by atoms with van der Waals surface area (Å²) in [4.78, 5) is 30.3. The molecule has 0 saturated heterocycles. The predicted molar refractivity (Wildman–Crippen MR) is 145 cm³/mol. The topological polar surface area (TPSA) is 140 Å². The molecule has 4 aromatic rings. The summed E-state index contributed by atoms with van der Waals surface area (Å²) >= 11 is 0. The zero-order valence-electron chi connectivity index (χ0n) is 21.0. The van der Waals surface area contributed by atoms with E-state index in [1.807, 2.05) is 60.7 Å². The molecule has 0 spiro atoms. The van der Waals surface area contributed by atoms with Gasteiger partial charge in [0.25, 0.3) is 11.4 Å².